The Morgan fingerprint density at radius 3 is 2.50 bits per heavy atom. The second-order valence-corrected chi connectivity index (χ2v) is 8.78. The lowest BCUT2D eigenvalue weighted by Crippen LogP contribution is -2.47. The van der Waals surface area contributed by atoms with E-state index in [1.165, 1.54) is 25.7 Å². The van der Waals surface area contributed by atoms with Crippen LogP contribution in [-0.2, 0) is 9.53 Å². The van der Waals surface area contributed by atoms with Crippen LogP contribution in [0.4, 0.5) is 0 Å². The molecule has 0 saturated heterocycles. The van der Waals surface area contributed by atoms with Crippen molar-refractivity contribution >= 4 is 5.97 Å². The first-order chi connectivity index (χ1) is 10.5. The number of esters is 1. The molecule has 0 aromatic carbocycles. The summed E-state index contributed by atoms with van der Waals surface area (Å²) in [6, 6.07) is 0. The number of carbonyl (C=O) groups is 1. The first kappa shape index (κ1) is 14.8. The second-order valence-electron chi connectivity index (χ2n) is 8.78. The topological polar surface area (TPSA) is 26.3 Å². The molecule has 2 nitrogen and oxygen atoms in total. The molecule has 0 aliphatic heterocycles. The lowest BCUT2D eigenvalue weighted by Gasteiger charge is -2.45. The molecular formula is C20H30O2. The zero-order chi connectivity index (χ0) is 15.6. The molecule has 0 amide bonds. The number of fused-ring (bicyclic) bond motifs is 9. The summed E-state index contributed by atoms with van der Waals surface area (Å²) in [4.78, 5) is 12.5. The fourth-order valence-corrected chi connectivity index (χ4v) is 6.78. The predicted molar refractivity (Wildman–Crippen MR) is 87.1 cm³/mol. The van der Waals surface area contributed by atoms with Crippen LogP contribution in [0.25, 0.3) is 0 Å². The largest absolute Gasteiger partial charge is 0.455 e. The fraction of sp³-hybridized carbons (Fsp3) is 0.850. The number of carbonyl (C=O) groups excluding carboxylic acids is 1. The highest BCUT2D eigenvalue weighted by atomic mass is 16.6. The van der Waals surface area contributed by atoms with Gasteiger partial charge in [0, 0.05) is 11.5 Å². The summed E-state index contributed by atoms with van der Waals surface area (Å²) in [6.45, 7) is 10.2. The molecule has 4 fully saturated rings. The number of ether oxygens (including phenoxy) is 1. The Morgan fingerprint density at radius 1 is 1.18 bits per heavy atom. The van der Waals surface area contributed by atoms with E-state index in [0.717, 1.165) is 42.4 Å². The van der Waals surface area contributed by atoms with Crippen molar-refractivity contribution in [1.29, 1.82) is 0 Å². The molecular weight excluding hydrogens is 272 g/mol. The Bertz CT molecular complexity index is 508. The molecule has 0 aromatic heterocycles. The minimum absolute atomic E-state index is 0.135. The smallest absolute Gasteiger partial charge is 0.334 e. The van der Waals surface area contributed by atoms with Gasteiger partial charge in [-0.05, 0) is 74.0 Å². The average molecular weight is 302 g/mol. The van der Waals surface area contributed by atoms with Gasteiger partial charge in [-0.25, -0.2) is 4.79 Å². The molecule has 4 saturated carbocycles. The summed E-state index contributed by atoms with van der Waals surface area (Å²) >= 11 is 0. The van der Waals surface area contributed by atoms with E-state index in [4.69, 9.17) is 4.74 Å². The van der Waals surface area contributed by atoms with E-state index in [-0.39, 0.29) is 17.5 Å². The van der Waals surface area contributed by atoms with Gasteiger partial charge in [-0.3, -0.25) is 0 Å². The van der Waals surface area contributed by atoms with Crippen LogP contribution in [0.5, 0.6) is 0 Å². The molecule has 7 atom stereocenters. The van der Waals surface area contributed by atoms with Gasteiger partial charge >= 0.3 is 5.97 Å². The summed E-state index contributed by atoms with van der Waals surface area (Å²) < 4.78 is 6.18. The third-order valence-electron chi connectivity index (χ3n) is 7.75. The Morgan fingerprint density at radius 2 is 1.86 bits per heavy atom. The van der Waals surface area contributed by atoms with E-state index in [1.807, 2.05) is 13.8 Å². The second kappa shape index (κ2) is 4.85. The first-order valence-corrected chi connectivity index (χ1v) is 9.39. The van der Waals surface area contributed by atoms with Crippen molar-refractivity contribution in [3.05, 3.63) is 12.2 Å². The monoisotopic (exact) mass is 302 g/mol. The third-order valence-corrected chi connectivity index (χ3v) is 7.75. The Kier molecular flexibility index (Phi) is 3.26. The van der Waals surface area contributed by atoms with Crippen molar-refractivity contribution < 1.29 is 9.53 Å². The summed E-state index contributed by atoms with van der Waals surface area (Å²) in [5.74, 6) is 5.26. The van der Waals surface area contributed by atoms with Gasteiger partial charge in [0.05, 0.1) is 0 Å². The third kappa shape index (κ3) is 1.82. The van der Waals surface area contributed by atoms with Crippen molar-refractivity contribution in [2.24, 2.45) is 41.4 Å². The summed E-state index contributed by atoms with van der Waals surface area (Å²) in [5, 5.41) is 0. The van der Waals surface area contributed by atoms with Crippen molar-refractivity contribution in [3.8, 4) is 0 Å². The maximum atomic E-state index is 12.5. The van der Waals surface area contributed by atoms with Gasteiger partial charge in [-0.2, -0.15) is 0 Å². The molecule has 22 heavy (non-hydrogen) atoms. The van der Waals surface area contributed by atoms with E-state index in [2.05, 4.69) is 13.5 Å². The van der Waals surface area contributed by atoms with Gasteiger partial charge in [0.2, 0.25) is 0 Å². The van der Waals surface area contributed by atoms with Crippen LogP contribution in [0, 0.1) is 41.4 Å². The van der Waals surface area contributed by atoms with Crippen molar-refractivity contribution in [2.75, 3.05) is 0 Å². The van der Waals surface area contributed by atoms with Gasteiger partial charge in [0.15, 0.2) is 0 Å². The number of hydrogen-bond acceptors (Lipinski definition) is 2. The fourth-order valence-electron chi connectivity index (χ4n) is 6.78. The van der Waals surface area contributed by atoms with Crippen LogP contribution in [0.2, 0.25) is 0 Å². The Balaban J connectivity index is 1.56. The molecule has 4 rings (SSSR count). The van der Waals surface area contributed by atoms with Crippen LogP contribution in [-0.4, -0.2) is 11.6 Å². The van der Waals surface area contributed by atoms with Gasteiger partial charge in [-0.1, -0.05) is 27.4 Å². The maximum absolute atomic E-state index is 12.5. The standard InChI is InChI=1S/C20H30O2/c1-5-20(22-19(21)12(4)11(2)3)10-15-9-16(20)18-14-7-6-13(8-14)17(15)18/h11,13-18H,4-10H2,1-3H3. The minimum atomic E-state index is -0.175. The van der Waals surface area contributed by atoms with E-state index in [1.54, 1.807) is 0 Å². The molecule has 0 aromatic rings. The minimum Gasteiger partial charge on any atom is -0.455 e. The van der Waals surface area contributed by atoms with Crippen LogP contribution < -0.4 is 0 Å². The normalized spacial score (nSPS) is 48.0. The molecule has 122 valence electrons. The molecule has 7 unspecified atom stereocenters. The lowest BCUT2D eigenvalue weighted by molar-refractivity contribution is -0.168. The van der Waals surface area contributed by atoms with Gasteiger partial charge in [0.1, 0.15) is 5.60 Å². The van der Waals surface area contributed by atoms with Crippen molar-refractivity contribution in [1.82, 2.24) is 0 Å². The number of hydrogen-bond donors (Lipinski definition) is 0. The Hall–Kier alpha value is -0.790. The van der Waals surface area contributed by atoms with E-state index in [0.29, 0.717) is 11.5 Å². The maximum Gasteiger partial charge on any atom is 0.334 e. The van der Waals surface area contributed by atoms with E-state index >= 15 is 0 Å². The van der Waals surface area contributed by atoms with Crippen molar-refractivity contribution in [3.63, 3.8) is 0 Å². The van der Waals surface area contributed by atoms with Crippen LogP contribution >= 0.6 is 0 Å². The molecule has 4 aliphatic rings. The highest BCUT2D eigenvalue weighted by Gasteiger charge is 2.67. The SMILES string of the molecule is C=C(C(=O)OC1(CC)CC2CC1C1C3CCC(C3)C21)C(C)C. The van der Waals surface area contributed by atoms with Gasteiger partial charge in [-0.15, -0.1) is 0 Å². The predicted octanol–water partition coefficient (Wildman–Crippen LogP) is 4.59. The molecule has 4 bridgehead atoms. The molecule has 4 aliphatic carbocycles. The quantitative estimate of drug-likeness (QED) is 0.431. The van der Waals surface area contributed by atoms with E-state index in [9.17, 15) is 4.79 Å². The van der Waals surface area contributed by atoms with Crippen LogP contribution in [0.1, 0.15) is 59.3 Å². The first-order valence-electron chi connectivity index (χ1n) is 9.39. The van der Waals surface area contributed by atoms with Crippen molar-refractivity contribution in [2.45, 2.75) is 64.9 Å². The van der Waals surface area contributed by atoms with Gasteiger partial charge < -0.3 is 4.74 Å². The molecule has 0 heterocycles. The molecule has 0 radical (unpaired) electrons. The van der Waals surface area contributed by atoms with Crippen LogP contribution in [0.15, 0.2) is 12.2 Å². The zero-order valence-corrected chi connectivity index (χ0v) is 14.3. The molecule has 2 heteroatoms. The highest BCUT2D eigenvalue weighted by molar-refractivity contribution is 5.88. The summed E-state index contributed by atoms with van der Waals surface area (Å²) in [6.07, 6.45) is 7.79. The Labute approximate surface area is 134 Å². The average Bonchev–Trinajstić information content (AvgIpc) is 3.23. The summed E-state index contributed by atoms with van der Waals surface area (Å²) in [5.41, 5.74) is 0.464. The lowest BCUT2D eigenvalue weighted by atomic mass is 9.65. The molecule has 0 N–H and O–H groups in total. The molecule has 0 spiro atoms. The van der Waals surface area contributed by atoms with Crippen LogP contribution in [0.3, 0.4) is 0 Å². The number of rotatable bonds is 4. The van der Waals surface area contributed by atoms with Gasteiger partial charge in [0.25, 0.3) is 0 Å². The summed E-state index contributed by atoms with van der Waals surface area (Å²) in [7, 11) is 0. The zero-order valence-electron chi connectivity index (χ0n) is 14.3. The van der Waals surface area contributed by atoms with E-state index < -0.39 is 0 Å². The highest BCUT2D eigenvalue weighted by Crippen LogP contribution is 2.70.